The van der Waals surface area contributed by atoms with Crippen LogP contribution in [0.1, 0.15) is 27.3 Å². The summed E-state index contributed by atoms with van der Waals surface area (Å²) in [5.74, 6) is -0.210. The lowest BCUT2D eigenvalue weighted by molar-refractivity contribution is 0.102. The second-order valence-corrected chi connectivity index (χ2v) is 7.07. The highest BCUT2D eigenvalue weighted by atomic mass is 16.5. The number of rotatable bonds is 8. The van der Waals surface area contributed by atoms with Crippen LogP contribution in [0.25, 0.3) is 0 Å². The number of amides is 3. The number of methoxy groups -OCH3 is 1. The summed E-state index contributed by atoms with van der Waals surface area (Å²) >= 11 is 0. The van der Waals surface area contributed by atoms with Crippen molar-refractivity contribution in [1.29, 1.82) is 0 Å². The van der Waals surface area contributed by atoms with Gasteiger partial charge in [0, 0.05) is 41.9 Å². The zero-order valence-electron chi connectivity index (χ0n) is 17.9. The standard InChI is InChI=1S/C23H27N5O3/c1-16-21(17(2)28(27-16)12-13-31-3)15-24-23(30)26-20-11-7-10-19(14-20)25-22(29)18-8-5-4-6-9-18/h4-11,14H,12-13,15H2,1-3H3,(H,25,29)(H2,24,26,30). The molecule has 0 bridgehead atoms. The van der Waals surface area contributed by atoms with Gasteiger partial charge >= 0.3 is 6.03 Å². The number of hydrogen-bond donors (Lipinski definition) is 3. The maximum atomic E-state index is 12.4. The van der Waals surface area contributed by atoms with E-state index in [9.17, 15) is 9.59 Å². The van der Waals surface area contributed by atoms with Gasteiger partial charge in [-0.1, -0.05) is 24.3 Å². The average Bonchev–Trinajstić information content (AvgIpc) is 3.04. The van der Waals surface area contributed by atoms with E-state index < -0.39 is 0 Å². The van der Waals surface area contributed by atoms with Gasteiger partial charge in [0.1, 0.15) is 0 Å². The van der Waals surface area contributed by atoms with E-state index in [2.05, 4.69) is 21.0 Å². The van der Waals surface area contributed by atoms with E-state index in [0.717, 1.165) is 17.0 Å². The van der Waals surface area contributed by atoms with Crippen LogP contribution < -0.4 is 16.0 Å². The Bertz CT molecular complexity index is 1050. The van der Waals surface area contributed by atoms with Crippen LogP contribution in [0.2, 0.25) is 0 Å². The molecular weight excluding hydrogens is 394 g/mol. The number of carbonyl (C=O) groups is 2. The highest BCUT2D eigenvalue weighted by Gasteiger charge is 2.13. The van der Waals surface area contributed by atoms with E-state index in [4.69, 9.17) is 4.74 Å². The molecule has 8 nitrogen and oxygen atoms in total. The fourth-order valence-corrected chi connectivity index (χ4v) is 3.20. The van der Waals surface area contributed by atoms with Gasteiger partial charge in [0.2, 0.25) is 0 Å². The van der Waals surface area contributed by atoms with Gasteiger partial charge in [-0.15, -0.1) is 0 Å². The SMILES string of the molecule is COCCn1nc(C)c(CNC(=O)Nc2cccc(NC(=O)c3ccccc3)c2)c1C. The van der Waals surface area contributed by atoms with Crippen LogP contribution in [-0.4, -0.2) is 35.4 Å². The van der Waals surface area contributed by atoms with Crippen molar-refractivity contribution < 1.29 is 14.3 Å². The van der Waals surface area contributed by atoms with Crippen LogP contribution in [0.4, 0.5) is 16.2 Å². The molecule has 31 heavy (non-hydrogen) atoms. The van der Waals surface area contributed by atoms with E-state index >= 15 is 0 Å². The van der Waals surface area contributed by atoms with Crippen LogP contribution in [0.3, 0.4) is 0 Å². The lowest BCUT2D eigenvalue weighted by atomic mass is 10.2. The van der Waals surface area contributed by atoms with Gasteiger partial charge < -0.3 is 20.7 Å². The normalized spacial score (nSPS) is 10.5. The van der Waals surface area contributed by atoms with Crippen molar-refractivity contribution in [2.45, 2.75) is 26.9 Å². The fraction of sp³-hybridized carbons (Fsp3) is 0.261. The van der Waals surface area contributed by atoms with Gasteiger partial charge in [-0.05, 0) is 44.2 Å². The lowest BCUT2D eigenvalue weighted by Crippen LogP contribution is -2.28. The first-order chi connectivity index (χ1) is 15.0. The Morgan fingerprint density at radius 3 is 2.42 bits per heavy atom. The Balaban J connectivity index is 1.57. The highest BCUT2D eigenvalue weighted by molar-refractivity contribution is 6.04. The predicted molar refractivity (Wildman–Crippen MR) is 120 cm³/mol. The molecule has 0 saturated heterocycles. The molecule has 0 aliphatic heterocycles. The second kappa shape index (κ2) is 10.4. The number of aryl methyl sites for hydroxylation is 1. The van der Waals surface area contributed by atoms with Crippen molar-refractivity contribution in [2.24, 2.45) is 0 Å². The van der Waals surface area contributed by atoms with Gasteiger partial charge in [0.05, 0.1) is 18.8 Å². The van der Waals surface area contributed by atoms with Crippen molar-refractivity contribution in [3.05, 3.63) is 77.1 Å². The van der Waals surface area contributed by atoms with Crippen molar-refractivity contribution in [3.8, 4) is 0 Å². The van der Waals surface area contributed by atoms with E-state index in [-0.39, 0.29) is 11.9 Å². The zero-order chi connectivity index (χ0) is 22.2. The van der Waals surface area contributed by atoms with E-state index in [1.807, 2.05) is 36.7 Å². The number of hydrogen-bond acceptors (Lipinski definition) is 4. The number of nitrogens with one attached hydrogen (secondary N) is 3. The Hall–Kier alpha value is -3.65. The van der Waals surface area contributed by atoms with Crippen molar-refractivity contribution in [3.63, 3.8) is 0 Å². The first-order valence-electron chi connectivity index (χ1n) is 10.0. The topological polar surface area (TPSA) is 97.3 Å². The van der Waals surface area contributed by atoms with Crippen LogP contribution in [0, 0.1) is 13.8 Å². The Morgan fingerprint density at radius 2 is 1.71 bits per heavy atom. The minimum absolute atomic E-state index is 0.210. The fourth-order valence-electron chi connectivity index (χ4n) is 3.20. The summed E-state index contributed by atoms with van der Waals surface area (Å²) in [5, 5.41) is 13.0. The number of anilines is 2. The van der Waals surface area contributed by atoms with Gasteiger partial charge in [0.15, 0.2) is 0 Å². The van der Waals surface area contributed by atoms with E-state index in [0.29, 0.717) is 36.6 Å². The maximum Gasteiger partial charge on any atom is 0.319 e. The Labute approximate surface area is 181 Å². The third-order valence-corrected chi connectivity index (χ3v) is 4.88. The van der Waals surface area contributed by atoms with E-state index in [1.165, 1.54) is 0 Å². The summed E-state index contributed by atoms with van der Waals surface area (Å²) in [6.07, 6.45) is 0. The molecule has 1 heterocycles. The molecule has 3 aromatic rings. The molecule has 3 amide bonds. The second-order valence-electron chi connectivity index (χ2n) is 7.07. The average molecular weight is 422 g/mol. The molecule has 0 aliphatic carbocycles. The summed E-state index contributed by atoms with van der Waals surface area (Å²) in [6, 6.07) is 15.6. The maximum absolute atomic E-state index is 12.4. The first kappa shape index (κ1) is 22.0. The minimum atomic E-state index is -0.338. The Morgan fingerprint density at radius 1 is 1.00 bits per heavy atom. The van der Waals surface area contributed by atoms with Gasteiger partial charge in [-0.2, -0.15) is 5.10 Å². The van der Waals surface area contributed by atoms with Crippen LogP contribution in [0.5, 0.6) is 0 Å². The first-order valence-corrected chi connectivity index (χ1v) is 10.0. The number of carbonyl (C=O) groups excluding carboxylic acids is 2. The molecule has 0 radical (unpaired) electrons. The van der Waals surface area contributed by atoms with E-state index in [1.54, 1.807) is 43.5 Å². The molecule has 0 atom stereocenters. The largest absolute Gasteiger partial charge is 0.383 e. The van der Waals surface area contributed by atoms with Crippen LogP contribution >= 0.6 is 0 Å². The molecule has 162 valence electrons. The van der Waals surface area contributed by atoms with Crippen LogP contribution in [-0.2, 0) is 17.8 Å². The molecule has 0 spiro atoms. The Kier molecular flexibility index (Phi) is 7.40. The molecule has 2 aromatic carbocycles. The summed E-state index contributed by atoms with van der Waals surface area (Å²) < 4.78 is 6.99. The molecular formula is C23H27N5O3. The predicted octanol–water partition coefficient (Wildman–Crippen LogP) is 3.72. The molecule has 0 aliphatic rings. The number of ether oxygens (including phenoxy) is 1. The third kappa shape index (κ3) is 5.93. The quantitative estimate of drug-likeness (QED) is 0.516. The molecule has 3 N–H and O–H groups in total. The molecule has 0 fully saturated rings. The number of benzene rings is 2. The van der Waals surface area contributed by atoms with Crippen molar-refractivity contribution in [2.75, 3.05) is 24.4 Å². The lowest BCUT2D eigenvalue weighted by Gasteiger charge is -2.10. The van der Waals surface area contributed by atoms with Crippen LogP contribution in [0.15, 0.2) is 54.6 Å². The molecule has 8 heteroatoms. The van der Waals surface area contributed by atoms with Crippen molar-refractivity contribution >= 4 is 23.3 Å². The highest BCUT2D eigenvalue weighted by Crippen LogP contribution is 2.17. The monoisotopic (exact) mass is 421 g/mol. The van der Waals surface area contributed by atoms with Crippen molar-refractivity contribution in [1.82, 2.24) is 15.1 Å². The van der Waals surface area contributed by atoms with Gasteiger partial charge in [0.25, 0.3) is 5.91 Å². The van der Waals surface area contributed by atoms with Gasteiger partial charge in [-0.3, -0.25) is 9.48 Å². The number of urea groups is 1. The summed E-state index contributed by atoms with van der Waals surface area (Å²) in [4.78, 5) is 24.7. The summed E-state index contributed by atoms with van der Waals surface area (Å²) in [7, 11) is 1.65. The molecule has 1 aromatic heterocycles. The molecule has 0 unspecified atom stereocenters. The summed E-state index contributed by atoms with van der Waals surface area (Å²) in [5.41, 5.74) is 4.59. The summed E-state index contributed by atoms with van der Waals surface area (Å²) in [6.45, 7) is 5.50. The zero-order valence-corrected chi connectivity index (χ0v) is 17.9. The number of aromatic nitrogens is 2. The number of nitrogens with zero attached hydrogens (tertiary/aromatic N) is 2. The molecule has 3 rings (SSSR count). The van der Waals surface area contributed by atoms with Gasteiger partial charge in [-0.25, -0.2) is 4.79 Å². The molecule has 0 saturated carbocycles. The minimum Gasteiger partial charge on any atom is -0.383 e. The smallest absolute Gasteiger partial charge is 0.319 e. The third-order valence-electron chi connectivity index (χ3n) is 4.88.